The summed E-state index contributed by atoms with van der Waals surface area (Å²) in [5.74, 6) is 1.13. The van der Waals surface area contributed by atoms with Gasteiger partial charge in [0, 0.05) is 37.6 Å². The Morgan fingerprint density at radius 3 is 2.20 bits per heavy atom. The molecular formula is C29H40N2O4. The van der Waals surface area contributed by atoms with Gasteiger partial charge in [0.25, 0.3) is 0 Å². The van der Waals surface area contributed by atoms with E-state index in [2.05, 4.69) is 29.2 Å². The van der Waals surface area contributed by atoms with Gasteiger partial charge < -0.3 is 24.4 Å². The molecule has 1 N–H and O–H groups in total. The number of carbonyl (C=O) groups excluding carboxylic acids is 1. The normalized spacial score (nSPS) is 22.8. The Labute approximate surface area is 209 Å². The van der Waals surface area contributed by atoms with Crippen molar-refractivity contribution in [1.82, 2.24) is 9.80 Å². The van der Waals surface area contributed by atoms with Crippen molar-refractivity contribution >= 4 is 6.09 Å². The Kier molecular flexibility index (Phi) is 7.72. The summed E-state index contributed by atoms with van der Waals surface area (Å²) in [6, 6.07) is 20.4. The van der Waals surface area contributed by atoms with Crippen molar-refractivity contribution in [3.63, 3.8) is 0 Å². The maximum absolute atomic E-state index is 13.3. The molecule has 35 heavy (non-hydrogen) atoms. The standard InChI is InChI=1S/C29H40N2O4/c1-28(2,3)35-27(32)31(26-19-25(26)22-11-7-5-8-12-22)23-15-17-30(18-16-23)20-29(4,33)21-34-24-13-9-6-10-14-24/h5-14,23,25-26,33H,15-21H2,1-4H3. The third-order valence-corrected chi connectivity index (χ3v) is 6.75. The minimum Gasteiger partial charge on any atom is -0.491 e. The number of carbonyl (C=O) groups is 1. The highest BCUT2D eigenvalue weighted by molar-refractivity contribution is 5.70. The van der Waals surface area contributed by atoms with Gasteiger partial charge in [-0.3, -0.25) is 0 Å². The predicted molar refractivity (Wildman–Crippen MR) is 138 cm³/mol. The van der Waals surface area contributed by atoms with E-state index in [0.717, 1.165) is 38.1 Å². The third-order valence-electron chi connectivity index (χ3n) is 6.75. The lowest BCUT2D eigenvalue weighted by Crippen LogP contribution is -2.53. The Hall–Kier alpha value is -2.57. The smallest absolute Gasteiger partial charge is 0.410 e. The van der Waals surface area contributed by atoms with Gasteiger partial charge in [-0.2, -0.15) is 0 Å². The van der Waals surface area contributed by atoms with Crippen LogP contribution >= 0.6 is 0 Å². The van der Waals surface area contributed by atoms with Gasteiger partial charge in [-0.25, -0.2) is 4.79 Å². The number of likely N-dealkylation sites (tertiary alicyclic amines) is 1. The Morgan fingerprint density at radius 2 is 1.60 bits per heavy atom. The van der Waals surface area contributed by atoms with E-state index < -0.39 is 11.2 Å². The number of rotatable bonds is 8. The molecule has 0 aromatic heterocycles. The monoisotopic (exact) mass is 480 g/mol. The number of para-hydroxylation sites is 1. The molecule has 2 fully saturated rings. The number of β-amino-alcohol motifs (C(OH)–C–C–N with tert-alkyl or cyclic N) is 1. The van der Waals surface area contributed by atoms with Gasteiger partial charge in [0.1, 0.15) is 23.6 Å². The first-order valence-corrected chi connectivity index (χ1v) is 12.8. The highest BCUT2D eigenvalue weighted by Crippen LogP contribution is 2.46. The predicted octanol–water partition coefficient (Wildman–Crippen LogP) is 5.07. The fraction of sp³-hybridized carbons (Fsp3) is 0.552. The van der Waals surface area contributed by atoms with E-state index in [0.29, 0.717) is 12.5 Å². The van der Waals surface area contributed by atoms with Crippen LogP contribution in [-0.2, 0) is 4.74 Å². The first-order chi connectivity index (χ1) is 16.6. The molecule has 2 aromatic carbocycles. The molecular weight excluding hydrogens is 440 g/mol. The van der Waals surface area contributed by atoms with Gasteiger partial charge in [0.15, 0.2) is 0 Å². The third kappa shape index (κ3) is 7.21. The van der Waals surface area contributed by atoms with Crippen LogP contribution in [0.1, 0.15) is 58.4 Å². The second kappa shape index (κ2) is 10.6. The molecule has 1 aliphatic heterocycles. The topological polar surface area (TPSA) is 62.2 Å². The Morgan fingerprint density at radius 1 is 1.00 bits per heavy atom. The second-order valence-electron chi connectivity index (χ2n) is 11.3. The van der Waals surface area contributed by atoms with Gasteiger partial charge in [0.2, 0.25) is 0 Å². The van der Waals surface area contributed by atoms with Crippen molar-refractivity contribution in [2.75, 3.05) is 26.2 Å². The lowest BCUT2D eigenvalue weighted by Gasteiger charge is -2.41. The molecule has 0 radical (unpaired) electrons. The van der Waals surface area contributed by atoms with Gasteiger partial charge >= 0.3 is 6.09 Å². The quantitative estimate of drug-likeness (QED) is 0.571. The van der Waals surface area contributed by atoms with Crippen molar-refractivity contribution in [2.45, 2.75) is 76.2 Å². The van der Waals surface area contributed by atoms with Crippen molar-refractivity contribution in [3.8, 4) is 5.75 Å². The molecule has 1 saturated carbocycles. The molecule has 1 amide bonds. The minimum absolute atomic E-state index is 0.144. The van der Waals surface area contributed by atoms with Gasteiger partial charge in [-0.15, -0.1) is 0 Å². The number of ether oxygens (including phenoxy) is 2. The number of piperidine rings is 1. The Bertz CT molecular complexity index is 950. The van der Waals surface area contributed by atoms with E-state index in [-0.39, 0.29) is 24.8 Å². The molecule has 2 aliphatic rings. The number of benzene rings is 2. The zero-order chi connectivity index (χ0) is 25.1. The van der Waals surface area contributed by atoms with Gasteiger partial charge in [-0.1, -0.05) is 48.5 Å². The van der Waals surface area contributed by atoms with E-state index in [1.807, 2.05) is 69.0 Å². The summed E-state index contributed by atoms with van der Waals surface area (Å²) in [4.78, 5) is 17.6. The lowest BCUT2D eigenvalue weighted by molar-refractivity contribution is -0.0306. The first-order valence-electron chi connectivity index (χ1n) is 12.8. The van der Waals surface area contributed by atoms with Crippen molar-refractivity contribution in [1.29, 1.82) is 0 Å². The largest absolute Gasteiger partial charge is 0.491 e. The Balaban J connectivity index is 1.35. The summed E-state index contributed by atoms with van der Waals surface area (Å²) in [7, 11) is 0. The number of aliphatic hydroxyl groups is 1. The van der Waals surface area contributed by atoms with Crippen LogP contribution in [0.2, 0.25) is 0 Å². The molecule has 0 bridgehead atoms. The highest BCUT2D eigenvalue weighted by Gasteiger charge is 2.49. The molecule has 190 valence electrons. The second-order valence-corrected chi connectivity index (χ2v) is 11.3. The fourth-order valence-electron chi connectivity index (χ4n) is 5.06. The van der Waals surface area contributed by atoms with E-state index in [1.54, 1.807) is 0 Å². The van der Waals surface area contributed by atoms with Crippen LogP contribution in [0.25, 0.3) is 0 Å². The molecule has 0 spiro atoms. The van der Waals surface area contributed by atoms with E-state index in [9.17, 15) is 9.90 Å². The number of hydrogen-bond donors (Lipinski definition) is 1. The first kappa shape index (κ1) is 25.5. The zero-order valence-corrected chi connectivity index (χ0v) is 21.5. The van der Waals surface area contributed by atoms with Crippen LogP contribution < -0.4 is 4.74 Å². The number of hydrogen-bond acceptors (Lipinski definition) is 5. The summed E-state index contributed by atoms with van der Waals surface area (Å²) in [6.45, 7) is 10.0. The van der Waals surface area contributed by atoms with Crippen LogP contribution in [-0.4, -0.2) is 70.5 Å². The van der Waals surface area contributed by atoms with Crippen LogP contribution in [0.5, 0.6) is 5.75 Å². The summed E-state index contributed by atoms with van der Waals surface area (Å²) >= 11 is 0. The van der Waals surface area contributed by atoms with Gasteiger partial charge in [-0.05, 0) is 64.7 Å². The van der Waals surface area contributed by atoms with Crippen molar-refractivity contribution < 1.29 is 19.4 Å². The lowest BCUT2D eigenvalue weighted by atomic mass is 10.00. The highest BCUT2D eigenvalue weighted by atomic mass is 16.6. The molecule has 6 nitrogen and oxygen atoms in total. The number of amides is 1. The summed E-state index contributed by atoms with van der Waals surface area (Å²) < 4.78 is 11.6. The molecule has 3 atom stereocenters. The molecule has 1 aliphatic carbocycles. The molecule has 3 unspecified atom stereocenters. The zero-order valence-electron chi connectivity index (χ0n) is 21.5. The molecule has 4 rings (SSSR count). The average molecular weight is 481 g/mol. The SMILES string of the molecule is CC(O)(COc1ccccc1)CN1CCC(N(C(=O)OC(C)(C)C)C2CC2c2ccccc2)CC1. The van der Waals surface area contributed by atoms with Crippen LogP contribution in [0.3, 0.4) is 0 Å². The van der Waals surface area contributed by atoms with E-state index >= 15 is 0 Å². The van der Waals surface area contributed by atoms with Crippen molar-refractivity contribution in [2.24, 2.45) is 0 Å². The molecule has 1 saturated heterocycles. The molecule has 1 heterocycles. The van der Waals surface area contributed by atoms with Crippen LogP contribution in [0.15, 0.2) is 60.7 Å². The van der Waals surface area contributed by atoms with Crippen LogP contribution in [0.4, 0.5) is 4.79 Å². The minimum atomic E-state index is -0.956. The van der Waals surface area contributed by atoms with E-state index in [1.165, 1.54) is 5.56 Å². The maximum atomic E-state index is 13.3. The summed E-state index contributed by atoms with van der Waals surface area (Å²) in [6.07, 6.45) is 2.51. The van der Waals surface area contributed by atoms with Crippen LogP contribution in [0, 0.1) is 0 Å². The maximum Gasteiger partial charge on any atom is 0.410 e. The fourth-order valence-corrected chi connectivity index (χ4v) is 5.06. The number of nitrogens with zero attached hydrogens (tertiary/aromatic N) is 2. The van der Waals surface area contributed by atoms with Crippen molar-refractivity contribution in [3.05, 3.63) is 66.2 Å². The van der Waals surface area contributed by atoms with Gasteiger partial charge in [0.05, 0.1) is 0 Å². The molecule has 6 heteroatoms. The average Bonchev–Trinajstić information content (AvgIpc) is 3.59. The molecule has 2 aromatic rings. The summed E-state index contributed by atoms with van der Waals surface area (Å²) in [5, 5.41) is 10.9. The van der Waals surface area contributed by atoms with E-state index in [4.69, 9.17) is 9.47 Å². The summed E-state index contributed by atoms with van der Waals surface area (Å²) in [5.41, 5.74) is -0.189.